The van der Waals surface area contributed by atoms with E-state index >= 15 is 0 Å². The van der Waals surface area contributed by atoms with Crippen LogP contribution in [-0.2, 0) is 0 Å². The summed E-state index contributed by atoms with van der Waals surface area (Å²) in [5.41, 5.74) is 1.38. The fourth-order valence-corrected chi connectivity index (χ4v) is 1.65. The van der Waals surface area contributed by atoms with Crippen molar-refractivity contribution in [3.05, 3.63) is 54.2 Å². The number of nitrogens with zero attached hydrogens (tertiary/aromatic N) is 1. The van der Waals surface area contributed by atoms with E-state index < -0.39 is 0 Å². The van der Waals surface area contributed by atoms with Gasteiger partial charge in [-0.25, -0.2) is 4.98 Å². The summed E-state index contributed by atoms with van der Waals surface area (Å²) >= 11 is 0. The van der Waals surface area contributed by atoms with Crippen molar-refractivity contribution in [2.45, 2.75) is 13.3 Å². The largest absolute Gasteiger partial charge is 0.370 e. The number of carbonyl (C=O) groups is 1. The molecule has 4 heteroatoms. The van der Waals surface area contributed by atoms with Gasteiger partial charge in [-0.1, -0.05) is 25.1 Å². The van der Waals surface area contributed by atoms with Crippen LogP contribution in [0.2, 0.25) is 0 Å². The third-order valence-corrected chi connectivity index (χ3v) is 2.61. The molecule has 2 rings (SSSR count). The second-order valence-electron chi connectivity index (χ2n) is 4.18. The van der Waals surface area contributed by atoms with E-state index in [1.165, 1.54) is 0 Å². The molecule has 0 saturated heterocycles. The van der Waals surface area contributed by atoms with Crippen LogP contribution < -0.4 is 10.6 Å². The van der Waals surface area contributed by atoms with E-state index in [0.717, 1.165) is 24.5 Å². The standard InChI is InChI=1S/C15H17N3O/c1-2-9-16-14-11-12(8-10-17-14)15(19)18-13-6-4-3-5-7-13/h3-8,10-11H,2,9H2,1H3,(H,16,17)(H,18,19). The highest BCUT2D eigenvalue weighted by Crippen LogP contribution is 2.11. The number of benzene rings is 1. The summed E-state index contributed by atoms with van der Waals surface area (Å²) in [5.74, 6) is 0.593. The SMILES string of the molecule is CCCNc1cc(C(=O)Nc2ccccc2)ccn1. The van der Waals surface area contributed by atoms with Gasteiger partial charge >= 0.3 is 0 Å². The van der Waals surface area contributed by atoms with Crippen LogP contribution in [0.25, 0.3) is 0 Å². The smallest absolute Gasteiger partial charge is 0.255 e. The molecule has 0 aliphatic carbocycles. The number of para-hydroxylation sites is 1. The number of nitrogens with one attached hydrogen (secondary N) is 2. The van der Waals surface area contributed by atoms with Gasteiger partial charge in [0.25, 0.3) is 5.91 Å². The van der Waals surface area contributed by atoms with Crippen molar-refractivity contribution in [3.8, 4) is 0 Å². The van der Waals surface area contributed by atoms with E-state index in [9.17, 15) is 4.79 Å². The molecule has 0 spiro atoms. The Morgan fingerprint density at radius 1 is 1.21 bits per heavy atom. The number of rotatable bonds is 5. The van der Waals surface area contributed by atoms with Crippen LogP contribution in [0.1, 0.15) is 23.7 Å². The molecule has 1 amide bonds. The lowest BCUT2D eigenvalue weighted by molar-refractivity contribution is 0.102. The van der Waals surface area contributed by atoms with Gasteiger partial charge in [-0.2, -0.15) is 0 Å². The fraction of sp³-hybridized carbons (Fsp3) is 0.200. The first-order valence-corrected chi connectivity index (χ1v) is 6.36. The van der Waals surface area contributed by atoms with E-state index in [4.69, 9.17) is 0 Å². The molecule has 1 aromatic heterocycles. The summed E-state index contributed by atoms with van der Waals surface area (Å²) in [6.45, 7) is 2.93. The molecule has 0 aliphatic heterocycles. The highest BCUT2D eigenvalue weighted by molar-refractivity contribution is 6.04. The number of pyridine rings is 1. The molecule has 0 bridgehead atoms. The molecule has 0 saturated carbocycles. The highest BCUT2D eigenvalue weighted by atomic mass is 16.1. The van der Waals surface area contributed by atoms with Gasteiger partial charge in [0, 0.05) is 24.0 Å². The first kappa shape index (κ1) is 13.1. The molecule has 19 heavy (non-hydrogen) atoms. The van der Waals surface area contributed by atoms with E-state index in [0.29, 0.717) is 5.56 Å². The van der Waals surface area contributed by atoms with Crippen molar-refractivity contribution in [1.82, 2.24) is 4.98 Å². The maximum atomic E-state index is 12.1. The monoisotopic (exact) mass is 255 g/mol. The summed E-state index contributed by atoms with van der Waals surface area (Å²) in [7, 11) is 0. The van der Waals surface area contributed by atoms with Crippen molar-refractivity contribution in [2.24, 2.45) is 0 Å². The molecule has 0 atom stereocenters. The third kappa shape index (κ3) is 3.81. The maximum absolute atomic E-state index is 12.1. The van der Waals surface area contributed by atoms with E-state index in [-0.39, 0.29) is 5.91 Å². The lowest BCUT2D eigenvalue weighted by Gasteiger charge is -2.07. The molecule has 1 heterocycles. The van der Waals surface area contributed by atoms with Gasteiger partial charge in [-0.05, 0) is 30.7 Å². The minimum atomic E-state index is -0.131. The van der Waals surface area contributed by atoms with Crippen molar-refractivity contribution in [1.29, 1.82) is 0 Å². The van der Waals surface area contributed by atoms with Crippen LogP contribution in [0.3, 0.4) is 0 Å². The van der Waals surface area contributed by atoms with Crippen molar-refractivity contribution < 1.29 is 4.79 Å². The van der Waals surface area contributed by atoms with Crippen molar-refractivity contribution in [2.75, 3.05) is 17.2 Å². The zero-order valence-electron chi connectivity index (χ0n) is 10.9. The summed E-state index contributed by atoms with van der Waals surface area (Å²) < 4.78 is 0. The van der Waals surface area contributed by atoms with Crippen LogP contribution >= 0.6 is 0 Å². The second-order valence-corrected chi connectivity index (χ2v) is 4.18. The Morgan fingerprint density at radius 3 is 2.74 bits per heavy atom. The van der Waals surface area contributed by atoms with Crippen molar-refractivity contribution >= 4 is 17.4 Å². The van der Waals surface area contributed by atoms with Crippen LogP contribution in [-0.4, -0.2) is 17.4 Å². The Balaban J connectivity index is 2.06. The van der Waals surface area contributed by atoms with Crippen molar-refractivity contribution in [3.63, 3.8) is 0 Å². The normalized spacial score (nSPS) is 9.95. The molecule has 0 fully saturated rings. The van der Waals surface area contributed by atoms with Crippen LogP contribution in [0, 0.1) is 0 Å². The predicted octanol–water partition coefficient (Wildman–Crippen LogP) is 3.16. The summed E-state index contributed by atoms with van der Waals surface area (Å²) in [6, 6.07) is 12.9. The fourth-order valence-electron chi connectivity index (χ4n) is 1.65. The molecule has 4 nitrogen and oxygen atoms in total. The van der Waals surface area contributed by atoms with Crippen LogP contribution in [0.4, 0.5) is 11.5 Å². The second kappa shape index (κ2) is 6.54. The van der Waals surface area contributed by atoms with Gasteiger partial charge in [0.05, 0.1) is 0 Å². The molecule has 2 aromatic rings. The lowest BCUT2D eigenvalue weighted by atomic mass is 10.2. The predicted molar refractivity (Wildman–Crippen MR) is 77.4 cm³/mol. The number of amides is 1. The molecule has 2 N–H and O–H groups in total. The molecule has 1 aromatic carbocycles. The summed E-state index contributed by atoms with van der Waals surface area (Å²) in [4.78, 5) is 16.2. The Hall–Kier alpha value is -2.36. The first-order valence-electron chi connectivity index (χ1n) is 6.36. The van der Waals surface area contributed by atoms with Gasteiger partial charge < -0.3 is 10.6 Å². The minimum absolute atomic E-state index is 0.131. The maximum Gasteiger partial charge on any atom is 0.255 e. The Morgan fingerprint density at radius 2 is 2.00 bits per heavy atom. The Bertz CT molecular complexity index is 540. The lowest BCUT2D eigenvalue weighted by Crippen LogP contribution is -2.12. The molecular weight excluding hydrogens is 238 g/mol. The summed E-state index contributed by atoms with van der Waals surface area (Å²) in [5, 5.41) is 6.01. The van der Waals surface area contributed by atoms with E-state index in [2.05, 4.69) is 22.5 Å². The van der Waals surface area contributed by atoms with Gasteiger partial charge in [-0.3, -0.25) is 4.79 Å². The van der Waals surface area contributed by atoms with Crippen LogP contribution in [0.15, 0.2) is 48.7 Å². The molecule has 0 unspecified atom stereocenters. The van der Waals surface area contributed by atoms with Gasteiger partial charge in [0.15, 0.2) is 0 Å². The summed E-state index contributed by atoms with van der Waals surface area (Å²) in [6.07, 6.45) is 2.65. The van der Waals surface area contributed by atoms with Gasteiger partial charge in [-0.15, -0.1) is 0 Å². The number of carbonyl (C=O) groups excluding carboxylic acids is 1. The van der Waals surface area contributed by atoms with Crippen LogP contribution in [0.5, 0.6) is 0 Å². The molecular formula is C15H17N3O. The average Bonchev–Trinajstić information content (AvgIpc) is 2.46. The molecule has 98 valence electrons. The Labute approximate surface area is 112 Å². The van der Waals surface area contributed by atoms with E-state index in [1.807, 2.05) is 30.3 Å². The van der Waals surface area contributed by atoms with Gasteiger partial charge in [0.1, 0.15) is 5.82 Å². The first-order chi connectivity index (χ1) is 9.29. The number of hydrogen-bond acceptors (Lipinski definition) is 3. The zero-order valence-corrected chi connectivity index (χ0v) is 10.9. The van der Waals surface area contributed by atoms with E-state index in [1.54, 1.807) is 18.3 Å². The minimum Gasteiger partial charge on any atom is -0.370 e. The quantitative estimate of drug-likeness (QED) is 0.863. The topological polar surface area (TPSA) is 54.0 Å². The number of aromatic nitrogens is 1. The molecule has 0 aliphatic rings. The zero-order chi connectivity index (χ0) is 13.5. The third-order valence-electron chi connectivity index (χ3n) is 2.61. The Kier molecular flexibility index (Phi) is 4.50. The number of anilines is 2. The van der Waals surface area contributed by atoms with Gasteiger partial charge in [0.2, 0.25) is 0 Å². The molecule has 0 radical (unpaired) electrons. The average molecular weight is 255 g/mol. The number of hydrogen-bond donors (Lipinski definition) is 2. The highest BCUT2D eigenvalue weighted by Gasteiger charge is 2.06.